The number of hydrogen-bond acceptors (Lipinski definition) is 3. The van der Waals surface area contributed by atoms with Gasteiger partial charge in [0, 0.05) is 6.42 Å². The maximum absolute atomic E-state index is 9.73. The molecule has 1 aliphatic rings. The lowest BCUT2D eigenvalue weighted by Gasteiger charge is -2.13. The Bertz CT molecular complexity index is 372. The van der Waals surface area contributed by atoms with Gasteiger partial charge in [-0.25, -0.2) is 0 Å². The van der Waals surface area contributed by atoms with Crippen LogP contribution in [0.25, 0.3) is 0 Å². The maximum Gasteiger partial charge on any atom is 0.161 e. The molecule has 0 amide bonds. The standard InChI is InChI=1S/C14H20O3/c1-10-3-6-13(14(9-10)16-2)17-8-7-12(15)11-4-5-11/h3,6,9,11-12,15H,4-5,7-8H2,1-2H3. The molecule has 0 heterocycles. The van der Waals surface area contributed by atoms with Gasteiger partial charge in [-0.15, -0.1) is 0 Å². The Kier molecular flexibility index (Phi) is 3.89. The molecule has 1 aromatic rings. The predicted molar refractivity (Wildman–Crippen MR) is 66.6 cm³/mol. The molecule has 1 fully saturated rings. The number of methoxy groups -OCH3 is 1. The number of aliphatic hydroxyl groups is 1. The topological polar surface area (TPSA) is 38.7 Å². The molecule has 0 aliphatic heterocycles. The number of benzene rings is 1. The van der Waals surface area contributed by atoms with Crippen LogP contribution in [-0.4, -0.2) is 24.9 Å². The molecule has 0 radical (unpaired) electrons. The fraction of sp³-hybridized carbons (Fsp3) is 0.571. The van der Waals surface area contributed by atoms with Crippen LogP contribution in [0.5, 0.6) is 11.5 Å². The van der Waals surface area contributed by atoms with E-state index in [1.807, 2.05) is 25.1 Å². The molecule has 3 heteroatoms. The van der Waals surface area contributed by atoms with Gasteiger partial charge in [-0.2, -0.15) is 0 Å². The Morgan fingerprint density at radius 3 is 2.76 bits per heavy atom. The van der Waals surface area contributed by atoms with E-state index in [4.69, 9.17) is 9.47 Å². The van der Waals surface area contributed by atoms with Crippen LogP contribution in [0, 0.1) is 12.8 Å². The average molecular weight is 236 g/mol. The van der Waals surface area contributed by atoms with Crippen molar-refractivity contribution >= 4 is 0 Å². The van der Waals surface area contributed by atoms with Crippen molar-refractivity contribution in [3.05, 3.63) is 23.8 Å². The molecule has 1 N–H and O–H groups in total. The number of aryl methyl sites for hydroxylation is 1. The van der Waals surface area contributed by atoms with Gasteiger partial charge < -0.3 is 14.6 Å². The fourth-order valence-corrected chi connectivity index (χ4v) is 1.90. The lowest BCUT2D eigenvalue weighted by atomic mass is 10.2. The molecule has 0 spiro atoms. The van der Waals surface area contributed by atoms with E-state index in [1.165, 1.54) is 0 Å². The Morgan fingerprint density at radius 1 is 1.35 bits per heavy atom. The van der Waals surface area contributed by atoms with Crippen molar-refractivity contribution in [3.8, 4) is 11.5 Å². The molecule has 94 valence electrons. The van der Waals surface area contributed by atoms with E-state index in [0.717, 1.165) is 29.9 Å². The van der Waals surface area contributed by atoms with Gasteiger partial charge in [0.2, 0.25) is 0 Å². The van der Waals surface area contributed by atoms with Gasteiger partial charge in [-0.1, -0.05) is 6.07 Å². The summed E-state index contributed by atoms with van der Waals surface area (Å²) in [5.41, 5.74) is 1.15. The van der Waals surface area contributed by atoms with Crippen molar-refractivity contribution in [2.75, 3.05) is 13.7 Å². The van der Waals surface area contributed by atoms with Crippen molar-refractivity contribution in [3.63, 3.8) is 0 Å². The summed E-state index contributed by atoms with van der Waals surface area (Å²) in [6.07, 6.45) is 2.82. The van der Waals surface area contributed by atoms with E-state index in [1.54, 1.807) is 7.11 Å². The van der Waals surface area contributed by atoms with Crippen molar-refractivity contribution in [1.29, 1.82) is 0 Å². The maximum atomic E-state index is 9.73. The molecule has 0 aromatic heterocycles. The number of ether oxygens (including phenoxy) is 2. The monoisotopic (exact) mass is 236 g/mol. The second-order valence-corrected chi connectivity index (χ2v) is 4.70. The first kappa shape index (κ1) is 12.2. The highest BCUT2D eigenvalue weighted by molar-refractivity contribution is 5.42. The molecule has 1 saturated carbocycles. The van der Waals surface area contributed by atoms with Gasteiger partial charge in [0.25, 0.3) is 0 Å². The van der Waals surface area contributed by atoms with Gasteiger partial charge >= 0.3 is 0 Å². The van der Waals surface area contributed by atoms with Crippen molar-refractivity contribution in [2.45, 2.75) is 32.3 Å². The van der Waals surface area contributed by atoms with Crippen LogP contribution in [0.1, 0.15) is 24.8 Å². The minimum absolute atomic E-state index is 0.202. The van der Waals surface area contributed by atoms with Crippen molar-refractivity contribution < 1.29 is 14.6 Å². The van der Waals surface area contributed by atoms with Crippen LogP contribution in [0.3, 0.4) is 0 Å². The van der Waals surface area contributed by atoms with E-state index in [9.17, 15) is 5.11 Å². The highest BCUT2D eigenvalue weighted by atomic mass is 16.5. The second kappa shape index (κ2) is 5.41. The molecule has 1 unspecified atom stereocenters. The summed E-state index contributed by atoms with van der Waals surface area (Å²) in [5, 5.41) is 9.73. The largest absolute Gasteiger partial charge is 0.493 e. The number of rotatable bonds is 6. The highest BCUT2D eigenvalue weighted by Gasteiger charge is 2.29. The zero-order valence-electron chi connectivity index (χ0n) is 10.5. The number of aliphatic hydroxyl groups excluding tert-OH is 1. The number of hydrogen-bond donors (Lipinski definition) is 1. The van der Waals surface area contributed by atoms with E-state index in [0.29, 0.717) is 18.9 Å². The zero-order chi connectivity index (χ0) is 12.3. The average Bonchev–Trinajstić information content (AvgIpc) is 3.14. The molecule has 17 heavy (non-hydrogen) atoms. The van der Waals surface area contributed by atoms with Crippen LogP contribution in [-0.2, 0) is 0 Å². The minimum Gasteiger partial charge on any atom is -0.493 e. The van der Waals surface area contributed by atoms with Gasteiger partial charge in [0.1, 0.15) is 0 Å². The molecule has 1 aromatic carbocycles. The minimum atomic E-state index is -0.202. The first-order valence-electron chi connectivity index (χ1n) is 6.16. The molecule has 0 bridgehead atoms. The van der Waals surface area contributed by atoms with Crippen molar-refractivity contribution in [1.82, 2.24) is 0 Å². The molecule has 3 nitrogen and oxygen atoms in total. The third kappa shape index (κ3) is 3.37. The lowest BCUT2D eigenvalue weighted by Crippen LogP contribution is -2.14. The van der Waals surface area contributed by atoms with Crippen LogP contribution < -0.4 is 9.47 Å². The Labute approximate surface area is 102 Å². The quantitative estimate of drug-likeness (QED) is 0.825. The summed E-state index contributed by atoms with van der Waals surface area (Å²) in [5.74, 6) is 2.02. The Balaban J connectivity index is 1.85. The molecule has 0 saturated heterocycles. The molecule has 1 aliphatic carbocycles. The zero-order valence-corrected chi connectivity index (χ0v) is 10.5. The first-order chi connectivity index (χ1) is 8.20. The van der Waals surface area contributed by atoms with E-state index >= 15 is 0 Å². The Morgan fingerprint density at radius 2 is 2.12 bits per heavy atom. The smallest absolute Gasteiger partial charge is 0.161 e. The normalized spacial score (nSPS) is 16.6. The van der Waals surface area contributed by atoms with Crippen LogP contribution >= 0.6 is 0 Å². The predicted octanol–water partition coefficient (Wildman–Crippen LogP) is 2.54. The fourth-order valence-electron chi connectivity index (χ4n) is 1.90. The van der Waals surface area contributed by atoms with Gasteiger partial charge in [-0.3, -0.25) is 0 Å². The van der Waals surface area contributed by atoms with Gasteiger partial charge in [0.05, 0.1) is 19.8 Å². The van der Waals surface area contributed by atoms with E-state index < -0.39 is 0 Å². The summed E-state index contributed by atoms with van der Waals surface area (Å²) in [4.78, 5) is 0. The third-order valence-corrected chi connectivity index (χ3v) is 3.16. The summed E-state index contributed by atoms with van der Waals surface area (Å²) in [6.45, 7) is 2.56. The van der Waals surface area contributed by atoms with E-state index in [-0.39, 0.29) is 6.10 Å². The Hall–Kier alpha value is -1.22. The molecular formula is C14H20O3. The van der Waals surface area contributed by atoms with Crippen LogP contribution in [0.2, 0.25) is 0 Å². The van der Waals surface area contributed by atoms with Gasteiger partial charge in [0.15, 0.2) is 11.5 Å². The van der Waals surface area contributed by atoms with Crippen molar-refractivity contribution in [2.24, 2.45) is 5.92 Å². The second-order valence-electron chi connectivity index (χ2n) is 4.70. The molecule has 2 rings (SSSR count). The van der Waals surface area contributed by atoms with Crippen LogP contribution in [0.15, 0.2) is 18.2 Å². The van der Waals surface area contributed by atoms with Crippen LogP contribution in [0.4, 0.5) is 0 Å². The summed E-state index contributed by atoms with van der Waals surface area (Å²) in [7, 11) is 1.64. The molecular weight excluding hydrogens is 216 g/mol. The van der Waals surface area contributed by atoms with Gasteiger partial charge in [-0.05, 0) is 43.4 Å². The lowest BCUT2D eigenvalue weighted by molar-refractivity contribution is 0.118. The first-order valence-corrected chi connectivity index (χ1v) is 6.16. The van der Waals surface area contributed by atoms with E-state index in [2.05, 4.69) is 0 Å². The summed E-state index contributed by atoms with van der Waals surface area (Å²) < 4.78 is 10.9. The summed E-state index contributed by atoms with van der Waals surface area (Å²) in [6, 6.07) is 5.86. The molecule has 1 atom stereocenters. The highest BCUT2D eigenvalue weighted by Crippen LogP contribution is 2.34. The SMILES string of the molecule is COc1cc(C)ccc1OCCC(O)C1CC1. The summed E-state index contributed by atoms with van der Waals surface area (Å²) >= 11 is 0. The third-order valence-electron chi connectivity index (χ3n) is 3.16.